The molecule has 0 spiro atoms. The molecule has 190 valence electrons. The number of pyridine rings is 1. The van der Waals surface area contributed by atoms with Gasteiger partial charge in [0.05, 0.1) is 29.0 Å². The molecule has 3 heterocycles. The van der Waals surface area contributed by atoms with Crippen molar-refractivity contribution < 1.29 is 13.2 Å². The van der Waals surface area contributed by atoms with Crippen LogP contribution in [0.15, 0.2) is 72.9 Å². The van der Waals surface area contributed by atoms with Gasteiger partial charge in [0.15, 0.2) is 5.11 Å². The van der Waals surface area contributed by atoms with E-state index in [-0.39, 0.29) is 17.8 Å². The molecule has 0 radical (unpaired) electrons. The Labute approximate surface area is 219 Å². The fourth-order valence-corrected chi connectivity index (χ4v) is 5.54. The number of para-hydroxylation sites is 1. The number of anilines is 1. The van der Waals surface area contributed by atoms with Gasteiger partial charge in [-0.2, -0.15) is 13.2 Å². The van der Waals surface area contributed by atoms with Gasteiger partial charge in [-0.1, -0.05) is 24.3 Å². The van der Waals surface area contributed by atoms with Crippen LogP contribution in [0.4, 0.5) is 18.9 Å². The molecule has 0 aliphatic carbocycles. The van der Waals surface area contributed by atoms with Crippen LogP contribution in [0.1, 0.15) is 51.4 Å². The highest BCUT2D eigenvalue weighted by Gasteiger charge is 2.43. The molecule has 8 heteroatoms. The van der Waals surface area contributed by atoms with Gasteiger partial charge in [-0.05, 0) is 99.1 Å². The van der Waals surface area contributed by atoms with E-state index in [0.29, 0.717) is 10.8 Å². The topological polar surface area (TPSA) is 33.1 Å². The lowest BCUT2D eigenvalue weighted by Crippen LogP contribution is -2.29. The summed E-state index contributed by atoms with van der Waals surface area (Å²) in [5, 5.41) is 3.98. The minimum Gasteiger partial charge on any atom is -0.351 e. The van der Waals surface area contributed by atoms with Crippen LogP contribution in [0.3, 0.4) is 0 Å². The summed E-state index contributed by atoms with van der Waals surface area (Å²) in [4.78, 5) is 6.65. The number of nitrogens with zero attached hydrogens (tertiary/aromatic N) is 3. The van der Waals surface area contributed by atoms with E-state index >= 15 is 0 Å². The minimum atomic E-state index is -4.47. The van der Waals surface area contributed by atoms with Crippen LogP contribution in [-0.2, 0) is 6.18 Å². The van der Waals surface area contributed by atoms with Gasteiger partial charge in [-0.25, -0.2) is 0 Å². The predicted molar refractivity (Wildman–Crippen MR) is 144 cm³/mol. The van der Waals surface area contributed by atoms with Gasteiger partial charge in [-0.3, -0.25) is 4.98 Å². The van der Waals surface area contributed by atoms with Crippen LogP contribution in [0.5, 0.6) is 0 Å². The van der Waals surface area contributed by atoms with E-state index in [1.165, 1.54) is 17.7 Å². The number of benzene rings is 2. The molecule has 0 saturated carbocycles. The molecule has 4 aromatic rings. The number of hydrogen-bond acceptors (Lipinski definition) is 2. The lowest BCUT2D eigenvalue weighted by atomic mass is 9.96. The van der Waals surface area contributed by atoms with Crippen molar-refractivity contribution in [3.8, 4) is 5.69 Å². The predicted octanol–water partition coefficient (Wildman–Crippen LogP) is 7.30. The second kappa shape index (κ2) is 9.34. The second-order valence-corrected chi connectivity index (χ2v) is 9.83. The Morgan fingerprint density at radius 2 is 1.62 bits per heavy atom. The summed E-state index contributed by atoms with van der Waals surface area (Å²) < 4.78 is 43.5. The standard InChI is InChI=1S/C29H27F3N4S/c1-17-12-13-21(15-18(17)2)36-27(26(34-28(36)37)24-10-7-8-14-33-24)22-16-19(3)35(20(22)4)25-11-6-5-9-23(25)29(30,31)32/h5-16,26-27H,1-4H3,(H,34,37)/t26-,27+/m0/s1. The summed E-state index contributed by atoms with van der Waals surface area (Å²) in [7, 11) is 0. The van der Waals surface area contributed by atoms with Crippen molar-refractivity contribution in [3.63, 3.8) is 0 Å². The Balaban J connectivity index is 1.71. The van der Waals surface area contributed by atoms with Crippen molar-refractivity contribution in [1.29, 1.82) is 0 Å². The third-order valence-corrected chi connectivity index (χ3v) is 7.42. The van der Waals surface area contributed by atoms with Crippen molar-refractivity contribution in [2.24, 2.45) is 0 Å². The number of halogens is 3. The molecule has 1 aliphatic heterocycles. The van der Waals surface area contributed by atoms with Crippen molar-refractivity contribution in [3.05, 3.63) is 112 Å². The maximum Gasteiger partial charge on any atom is 0.418 e. The van der Waals surface area contributed by atoms with Gasteiger partial charge in [0.25, 0.3) is 0 Å². The highest BCUT2D eigenvalue weighted by Crippen LogP contribution is 2.45. The zero-order chi connectivity index (χ0) is 26.5. The van der Waals surface area contributed by atoms with Crippen molar-refractivity contribution >= 4 is 23.0 Å². The average Bonchev–Trinajstić information content (AvgIpc) is 3.36. The highest BCUT2D eigenvalue weighted by atomic mass is 32.1. The third-order valence-electron chi connectivity index (χ3n) is 7.11. The normalized spacial score (nSPS) is 17.8. The van der Waals surface area contributed by atoms with E-state index in [2.05, 4.69) is 41.2 Å². The SMILES string of the molecule is Cc1ccc(N2C(=S)N[C@@H](c3ccccn3)[C@H]2c2cc(C)n(-c3ccccc3C(F)(F)F)c2C)cc1C. The number of hydrogen-bond donors (Lipinski definition) is 1. The van der Waals surface area contributed by atoms with Gasteiger partial charge < -0.3 is 14.8 Å². The zero-order valence-corrected chi connectivity index (χ0v) is 21.8. The van der Waals surface area contributed by atoms with Crippen LogP contribution in [0.2, 0.25) is 0 Å². The maximum absolute atomic E-state index is 13.9. The molecule has 0 amide bonds. The lowest BCUT2D eigenvalue weighted by molar-refractivity contribution is -0.137. The smallest absolute Gasteiger partial charge is 0.351 e. The van der Waals surface area contributed by atoms with E-state index < -0.39 is 11.7 Å². The Morgan fingerprint density at radius 3 is 2.30 bits per heavy atom. The van der Waals surface area contributed by atoms with Gasteiger partial charge in [0, 0.05) is 23.3 Å². The van der Waals surface area contributed by atoms with Crippen molar-refractivity contribution in [2.45, 2.75) is 46.0 Å². The van der Waals surface area contributed by atoms with Crippen LogP contribution in [-0.4, -0.2) is 14.7 Å². The first-order valence-electron chi connectivity index (χ1n) is 12.0. The molecule has 1 N–H and O–H groups in total. The Morgan fingerprint density at radius 1 is 0.892 bits per heavy atom. The van der Waals surface area contributed by atoms with Gasteiger partial charge >= 0.3 is 6.18 Å². The number of thiocarbonyl (C=S) groups is 1. The molecule has 4 nitrogen and oxygen atoms in total. The molecule has 0 bridgehead atoms. The summed E-state index contributed by atoms with van der Waals surface area (Å²) in [5.41, 5.74) is 5.78. The summed E-state index contributed by atoms with van der Waals surface area (Å²) in [6.45, 7) is 7.81. The molecular weight excluding hydrogens is 493 g/mol. The summed E-state index contributed by atoms with van der Waals surface area (Å²) in [6, 6.07) is 18.9. The van der Waals surface area contributed by atoms with Gasteiger partial charge in [0.1, 0.15) is 0 Å². The van der Waals surface area contributed by atoms with Crippen LogP contribution >= 0.6 is 12.2 Å². The van der Waals surface area contributed by atoms with E-state index in [9.17, 15) is 13.2 Å². The average molecular weight is 521 g/mol. The number of aryl methyl sites for hydroxylation is 3. The van der Waals surface area contributed by atoms with Crippen LogP contribution in [0.25, 0.3) is 5.69 Å². The van der Waals surface area contributed by atoms with E-state index in [1.807, 2.05) is 44.2 Å². The Hall–Kier alpha value is -3.65. The van der Waals surface area contributed by atoms with E-state index in [0.717, 1.165) is 34.3 Å². The zero-order valence-electron chi connectivity index (χ0n) is 21.0. The first kappa shape index (κ1) is 25.0. The summed E-state index contributed by atoms with van der Waals surface area (Å²) in [5.74, 6) is 0. The van der Waals surface area contributed by atoms with Crippen molar-refractivity contribution in [2.75, 3.05) is 4.90 Å². The van der Waals surface area contributed by atoms with Crippen LogP contribution in [0, 0.1) is 27.7 Å². The monoisotopic (exact) mass is 520 g/mol. The first-order chi connectivity index (χ1) is 17.6. The molecule has 37 heavy (non-hydrogen) atoms. The summed E-state index contributed by atoms with van der Waals surface area (Å²) >= 11 is 5.83. The number of rotatable bonds is 4. The molecule has 2 aromatic carbocycles. The molecule has 5 rings (SSSR count). The van der Waals surface area contributed by atoms with Crippen molar-refractivity contribution in [1.82, 2.24) is 14.9 Å². The number of aromatic nitrogens is 2. The fraction of sp³-hybridized carbons (Fsp3) is 0.241. The molecule has 1 saturated heterocycles. The molecule has 2 aromatic heterocycles. The minimum absolute atomic E-state index is 0.108. The largest absolute Gasteiger partial charge is 0.418 e. The Kier molecular flexibility index (Phi) is 6.31. The Bertz CT molecular complexity index is 1480. The lowest BCUT2D eigenvalue weighted by Gasteiger charge is -2.29. The maximum atomic E-state index is 13.9. The third kappa shape index (κ3) is 4.39. The van der Waals surface area contributed by atoms with E-state index in [4.69, 9.17) is 12.2 Å². The first-order valence-corrected chi connectivity index (χ1v) is 12.4. The number of alkyl halides is 3. The van der Waals surface area contributed by atoms with Gasteiger partial charge in [0.2, 0.25) is 0 Å². The second-order valence-electron chi connectivity index (χ2n) is 9.44. The quantitative estimate of drug-likeness (QED) is 0.286. The van der Waals surface area contributed by atoms with E-state index in [1.54, 1.807) is 16.8 Å². The fourth-order valence-electron chi connectivity index (χ4n) is 5.19. The molecule has 2 atom stereocenters. The highest BCUT2D eigenvalue weighted by molar-refractivity contribution is 7.80. The number of nitrogens with one attached hydrogen (secondary N) is 1. The summed E-state index contributed by atoms with van der Waals surface area (Å²) in [6.07, 6.45) is -2.74. The molecular formula is C29H27F3N4S. The van der Waals surface area contributed by atoms with Gasteiger partial charge in [-0.15, -0.1) is 0 Å². The molecule has 1 fully saturated rings. The molecule has 1 aliphatic rings. The van der Waals surface area contributed by atoms with Crippen LogP contribution < -0.4 is 10.2 Å². The molecule has 0 unspecified atom stereocenters.